The second-order valence-corrected chi connectivity index (χ2v) is 4.43. The Kier molecular flexibility index (Phi) is 6.22. The van der Waals surface area contributed by atoms with Gasteiger partial charge in [0.2, 0.25) is 0 Å². The van der Waals surface area contributed by atoms with Crippen LogP contribution in [0.1, 0.15) is 32.6 Å². The van der Waals surface area contributed by atoms with Gasteiger partial charge in [0.15, 0.2) is 0 Å². The van der Waals surface area contributed by atoms with Gasteiger partial charge in [-0.15, -0.1) is 0 Å². The molecule has 0 saturated heterocycles. The molecular formula is C12H26N2O. The van der Waals surface area contributed by atoms with E-state index in [0.717, 1.165) is 31.8 Å². The van der Waals surface area contributed by atoms with E-state index in [2.05, 4.69) is 24.2 Å². The molecule has 1 fully saturated rings. The summed E-state index contributed by atoms with van der Waals surface area (Å²) in [5.74, 6) is 0. The van der Waals surface area contributed by atoms with E-state index >= 15 is 0 Å². The Hall–Kier alpha value is -0.120. The average molecular weight is 214 g/mol. The van der Waals surface area contributed by atoms with Crippen molar-refractivity contribution >= 4 is 0 Å². The maximum Gasteiger partial charge on any atom is 0.0589 e. The highest BCUT2D eigenvalue weighted by atomic mass is 16.5. The lowest BCUT2D eigenvalue weighted by molar-refractivity contribution is 0.0995. The van der Waals surface area contributed by atoms with Gasteiger partial charge in [-0.05, 0) is 32.9 Å². The summed E-state index contributed by atoms with van der Waals surface area (Å²) in [7, 11) is 3.86. The zero-order chi connectivity index (χ0) is 11.1. The lowest BCUT2D eigenvalue weighted by atomic mass is 9.90. The molecular weight excluding hydrogens is 188 g/mol. The van der Waals surface area contributed by atoms with Gasteiger partial charge in [0.05, 0.1) is 6.61 Å². The summed E-state index contributed by atoms with van der Waals surface area (Å²) in [6, 6.07) is 1.48. The van der Waals surface area contributed by atoms with Crippen molar-refractivity contribution in [1.29, 1.82) is 0 Å². The lowest BCUT2D eigenvalue weighted by Gasteiger charge is -2.36. The number of ether oxygens (including phenoxy) is 1. The summed E-state index contributed by atoms with van der Waals surface area (Å²) < 4.78 is 5.16. The fourth-order valence-corrected chi connectivity index (χ4v) is 2.57. The highest BCUT2D eigenvalue weighted by Gasteiger charge is 2.24. The number of nitrogens with zero attached hydrogens (tertiary/aromatic N) is 1. The number of likely N-dealkylation sites (N-methyl/N-ethyl adjacent to an activating group) is 1. The highest BCUT2D eigenvalue weighted by molar-refractivity contribution is 4.82. The number of nitrogens with one attached hydrogen (secondary N) is 1. The van der Waals surface area contributed by atoms with Crippen LogP contribution in [0.15, 0.2) is 0 Å². The Balaban J connectivity index is 2.37. The Morgan fingerprint density at radius 2 is 2.20 bits per heavy atom. The highest BCUT2D eigenvalue weighted by Crippen LogP contribution is 2.22. The standard InChI is InChI=1S/C12H26N2O/c1-4-14(8-9-15-3)12-7-5-6-11(10-12)13-2/h11-13H,4-10H2,1-3H3. The molecule has 0 aromatic carbocycles. The third-order valence-corrected chi connectivity index (χ3v) is 3.56. The van der Waals surface area contributed by atoms with E-state index in [4.69, 9.17) is 4.74 Å². The smallest absolute Gasteiger partial charge is 0.0589 e. The van der Waals surface area contributed by atoms with E-state index in [1.54, 1.807) is 7.11 Å². The molecule has 0 radical (unpaired) electrons. The minimum atomic E-state index is 0.723. The largest absolute Gasteiger partial charge is 0.383 e. The third-order valence-electron chi connectivity index (χ3n) is 3.56. The molecule has 0 bridgehead atoms. The lowest BCUT2D eigenvalue weighted by Crippen LogP contribution is -2.44. The van der Waals surface area contributed by atoms with E-state index in [1.165, 1.54) is 25.7 Å². The van der Waals surface area contributed by atoms with E-state index in [9.17, 15) is 0 Å². The molecule has 1 aliphatic carbocycles. The molecule has 0 amide bonds. The Morgan fingerprint density at radius 1 is 1.40 bits per heavy atom. The number of hydrogen-bond acceptors (Lipinski definition) is 3. The van der Waals surface area contributed by atoms with Crippen molar-refractivity contribution < 1.29 is 4.74 Å². The van der Waals surface area contributed by atoms with E-state index < -0.39 is 0 Å². The minimum Gasteiger partial charge on any atom is -0.383 e. The first-order valence-electron chi connectivity index (χ1n) is 6.22. The van der Waals surface area contributed by atoms with Gasteiger partial charge < -0.3 is 10.1 Å². The first-order chi connectivity index (χ1) is 7.31. The summed E-state index contributed by atoms with van der Waals surface area (Å²) in [6.07, 6.45) is 5.36. The number of methoxy groups -OCH3 is 1. The topological polar surface area (TPSA) is 24.5 Å². The van der Waals surface area contributed by atoms with Crippen molar-refractivity contribution in [1.82, 2.24) is 10.2 Å². The van der Waals surface area contributed by atoms with Gasteiger partial charge in [0.1, 0.15) is 0 Å². The van der Waals surface area contributed by atoms with Crippen LogP contribution in [0.3, 0.4) is 0 Å². The third kappa shape index (κ3) is 4.09. The summed E-state index contributed by atoms with van der Waals surface area (Å²) in [4.78, 5) is 2.56. The SMILES string of the molecule is CCN(CCOC)C1CCCC(NC)C1. The van der Waals surface area contributed by atoms with Gasteiger partial charge in [-0.1, -0.05) is 13.3 Å². The molecule has 15 heavy (non-hydrogen) atoms. The zero-order valence-electron chi connectivity index (χ0n) is 10.5. The molecule has 3 heteroatoms. The van der Waals surface area contributed by atoms with Crippen molar-refractivity contribution in [2.24, 2.45) is 0 Å². The van der Waals surface area contributed by atoms with E-state index in [-0.39, 0.29) is 0 Å². The van der Waals surface area contributed by atoms with E-state index in [1.807, 2.05) is 0 Å². The molecule has 3 nitrogen and oxygen atoms in total. The molecule has 0 aliphatic heterocycles. The monoisotopic (exact) mass is 214 g/mol. The first kappa shape index (κ1) is 12.9. The predicted octanol–water partition coefficient (Wildman–Crippen LogP) is 1.49. The van der Waals surface area contributed by atoms with Crippen LogP contribution in [0.4, 0.5) is 0 Å². The molecule has 2 atom stereocenters. The van der Waals surface area contributed by atoms with Crippen molar-refractivity contribution in [3.05, 3.63) is 0 Å². The second kappa shape index (κ2) is 7.20. The van der Waals surface area contributed by atoms with Gasteiger partial charge in [0.25, 0.3) is 0 Å². The molecule has 0 aromatic heterocycles. The molecule has 1 aliphatic rings. The average Bonchev–Trinajstić information content (AvgIpc) is 2.30. The fourth-order valence-electron chi connectivity index (χ4n) is 2.57. The fraction of sp³-hybridized carbons (Fsp3) is 1.00. The quantitative estimate of drug-likeness (QED) is 0.725. The van der Waals surface area contributed by atoms with Gasteiger partial charge in [-0.25, -0.2) is 0 Å². The van der Waals surface area contributed by atoms with E-state index in [0.29, 0.717) is 0 Å². The first-order valence-corrected chi connectivity index (χ1v) is 6.22. The van der Waals surface area contributed by atoms with Crippen LogP contribution in [0, 0.1) is 0 Å². The summed E-state index contributed by atoms with van der Waals surface area (Å²) in [6.45, 7) is 5.33. The molecule has 90 valence electrons. The molecule has 1 saturated carbocycles. The molecule has 0 heterocycles. The van der Waals surface area contributed by atoms with Crippen LogP contribution in [-0.2, 0) is 4.74 Å². The van der Waals surface area contributed by atoms with Crippen LogP contribution in [-0.4, -0.2) is 50.8 Å². The van der Waals surface area contributed by atoms with Crippen LogP contribution in [0.25, 0.3) is 0 Å². The summed E-state index contributed by atoms with van der Waals surface area (Å²) >= 11 is 0. The van der Waals surface area contributed by atoms with Crippen molar-refractivity contribution in [3.63, 3.8) is 0 Å². The summed E-state index contributed by atoms with van der Waals surface area (Å²) in [5, 5.41) is 3.41. The Morgan fingerprint density at radius 3 is 2.80 bits per heavy atom. The molecule has 2 unspecified atom stereocenters. The molecule has 1 N–H and O–H groups in total. The van der Waals surface area contributed by atoms with Crippen molar-refractivity contribution in [2.75, 3.05) is 33.9 Å². The molecule has 1 rings (SSSR count). The van der Waals surface area contributed by atoms with Gasteiger partial charge in [-0.2, -0.15) is 0 Å². The predicted molar refractivity (Wildman–Crippen MR) is 64.2 cm³/mol. The number of hydrogen-bond donors (Lipinski definition) is 1. The van der Waals surface area contributed by atoms with Gasteiger partial charge >= 0.3 is 0 Å². The van der Waals surface area contributed by atoms with Crippen molar-refractivity contribution in [3.8, 4) is 0 Å². The maximum absolute atomic E-state index is 5.16. The maximum atomic E-state index is 5.16. The summed E-state index contributed by atoms with van der Waals surface area (Å²) in [5.41, 5.74) is 0. The van der Waals surface area contributed by atoms with Gasteiger partial charge in [0, 0.05) is 25.7 Å². The van der Waals surface area contributed by atoms with Crippen LogP contribution >= 0.6 is 0 Å². The second-order valence-electron chi connectivity index (χ2n) is 4.43. The Labute approximate surface area is 94.2 Å². The molecule has 0 spiro atoms. The van der Waals surface area contributed by atoms with Gasteiger partial charge in [-0.3, -0.25) is 4.90 Å². The minimum absolute atomic E-state index is 0.723. The van der Waals surface area contributed by atoms with Crippen LogP contribution in [0.2, 0.25) is 0 Å². The normalized spacial score (nSPS) is 27.2. The van der Waals surface area contributed by atoms with Crippen LogP contribution < -0.4 is 5.32 Å². The zero-order valence-corrected chi connectivity index (χ0v) is 10.5. The Bertz CT molecular complexity index is 164. The number of rotatable bonds is 6. The molecule has 0 aromatic rings. The van der Waals surface area contributed by atoms with Crippen molar-refractivity contribution in [2.45, 2.75) is 44.7 Å². The van der Waals surface area contributed by atoms with Crippen LogP contribution in [0.5, 0.6) is 0 Å².